The van der Waals surface area contributed by atoms with Crippen molar-refractivity contribution in [2.24, 2.45) is 17.9 Å². The topological polar surface area (TPSA) is 117 Å². The highest BCUT2D eigenvalue weighted by Crippen LogP contribution is 2.57. The maximum Gasteiger partial charge on any atom is 0.231 e. The average Bonchev–Trinajstić information content (AvgIpc) is 3.21. The van der Waals surface area contributed by atoms with Gasteiger partial charge in [0.25, 0.3) is 0 Å². The molecule has 3 aromatic rings. The predicted molar refractivity (Wildman–Crippen MR) is 128 cm³/mol. The minimum Gasteiger partial charge on any atom is -0.507 e. The molecular weight excluding hydrogens is 447 g/mol. The molecule has 1 aromatic carbocycles. The molecule has 2 aromatic heterocycles. The number of hydrogen-bond acceptors (Lipinski definition) is 8. The zero-order valence-corrected chi connectivity index (χ0v) is 20.4. The Morgan fingerprint density at radius 2 is 2.03 bits per heavy atom. The Morgan fingerprint density at radius 1 is 1.23 bits per heavy atom. The van der Waals surface area contributed by atoms with Crippen LogP contribution in [0.5, 0.6) is 5.75 Å². The molecule has 0 radical (unpaired) electrons. The van der Waals surface area contributed by atoms with Crippen molar-refractivity contribution in [3.8, 4) is 34.6 Å². The molecule has 1 N–H and O–H groups in total. The lowest BCUT2D eigenvalue weighted by molar-refractivity contribution is -0.0540. The van der Waals surface area contributed by atoms with Crippen LogP contribution in [0.3, 0.4) is 0 Å². The monoisotopic (exact) mass is 476 g/mol. The smallest absolute Gasteiger partial charge is 0.231 e. The van der Waals surface area contributed by atoms with E-state index in [4.69, 9.17) is 5.26 Å². The number of fused-ring (bicyclic) bond motifs is 2. The summed E-state index contributed by atoms with van der Waals surface area (Å²) >= 11 is 0. The molecule has 5 rings (SSSR count). The van der Waals surface area contributed by atoms with Crippen molar-refractivity contribution in [3.63, 3.8) is 0 Å². The Hall–Kier alpha value is -3.61. The largest absolute Gasteiger partial charge is 0.507 e. The summed E-state index contributed by atoms with van der Waals surface area (Å²) in [5, 5.41) is 32.4. The Balaban J connectivity index is 1.37. The normalized spacial score (nSPS) is 27.9. The molecule has 10 heteroatoms. The minimum absolute atomic E-state index is 0.0545. The van der Waals surface area contributed by atoms with Gasteiger partial charge in [-0.1, -0.05) is 26.3 Å². The number of phenolic OH excluding ortho intramolecular Hbond substituents is 1. The van der Waals surface area contributed by atoms with Crippen LogP contribution in [0.15, 0.2) is 24.4 Å². The number of alkyl halides is 1. The lowest BCUT2D eigenvalue weighted by Gasteiger charge is -2.55. The second-order valence-electron chi connectivity index (χ2n) is 10.6. The Labute approximate surface area is 203 Å². The molecular formula is C25H29FN8O. The first-order valence-electron chi connectivity index (χ1n) is 11.8. The van der Waals surface area contributed by atoms with Crippen molar-refractivity contribution in [1.82, 2.24) is 29.9 Å². The predicted octanol–water partition coefficient (Wildman–Crippen LogP) is 4.04. The third-order valence-electron chi connectivity index (χ3n) is 7.83. The van der Waals surface area contributed by atoms with Gasteiger partial charge in [0.05, 0.1) is 17.8 Å². The molecule has 2 saturated carbocycles. The van der Waals surface area contributed by atoms with Crippen molar-refractivity contribution in [1.29, 1.82) is 5.26 Å². The molecule has 35 heavy (non-hydrogen) atoms. The Morgan fingerprint density at radius 3 is 2.69 bits per heavy atom. The number of aryl methyl sites for hydroxylation is 1. The number of phenols is 1. The number of nitrogens with zero attached hydrogens (tertiary/aromatic N) is 8. The summed E-state index contributed by atoms with van der Waals surface area (Å²) in [4.78, 5) is 10.4. The fourth-order valence-electron chi connectivity index (χ4n) is 6.07. The van der Waals surface area contributed by atoms with E-state index in [1.165, 1.54) is 10.7 Å². The van der Waals surface area contributed by atoms with Gasteiger partial charge in [-0.25, -0.2) is 14.1 Å². The van der Waals surface area contributed by atoms with Gasteiger partial charge < -0.3 is 10.0 Å². The number of hydrogen-bond donors (Lipinski definition) is 1. The first-order chi connectivity index (χ1) is 16.6. The zero-order chi connectivity index (χ0) is 25.0. The minimum atomic E-state index is -0.944. The average molecular weight is 477 g/mol. The van der Waals surface area contributed by atoms with E-state index >= 15 is 4.39 Å². The number of aromatic nitrogens is 6. The van der Waals surface area contributed by atoms with E-state index in [2.05, 4.69) is 39.1 Å². The molecule has 2 aliphatic rings. The lowest BCUT2D eigenvalue weighted by Crippen LogP contribution is -2.57. The highest BCUT2D eigenvalue weighted by Gasteiger charge is 2.54. The van der Waals surface area contributed by atoms with E-state index in [1.807, 2.05) is 18.0 Å². The van der Waals surface area contributed by atoms with Gasteiger partial charge in [-0.3, -0.25) is 0 Å². The van der Waals surface area contributed by atoms with Crippen LogP contribution in [0.1, 0.15) is 51.8 Å². The van der Waals surface area contributed by atoms with Crippen LogP contribution < -0.4 is 4.90 Å². The van der Waals surface area contributed by atoms with Crippen LogP contribution in [0.2, 0.25) is 0 Å². The number of nitriles is 1. The molecule has 0 unspecified atom stereocenters. The lowest BCUT2D eigenvalue weighted by atomic mass is 9.54. The van der Waals surface area contributed by atoms with Crippen molar-refractivity contribution in [2.75, 3.05) is 11.9 Å². The van der Waals surface area contributed by atoms with E-state index in [0.29, 0.717) is 22.8 Å². The second kappa shape index (κ2) is 8.26. The van der Waals surface area contributed by atoms with Gasteiger partial charge in [-0.2, -0.15) is 15.3 Å². The van der Waals surface area contributed by atoms with Crippen LogP contribution in [0.4, 0.5) is 10.2 Å². The van der Waals surface area contributed by atoms with E-state index in [-0.39, 0.29) is 34.3 Å². The van der Waals surface area contributed by atoms with Gasteiger partial charge in [-0.15, -0.1) is 10.2 Å². The molecule has 0 spiro atoms. The summed E-state index contributed by atoms with van der Waals surface area (Å²) in [7, 11) is 3.49. The van der Waals surface area contributed by atoms with Gasteiger partial charge in [0, 0.05) is 25.1 Å². The summed E-state index contributed by atoms with van der Waals surface area (Å²) in [6.07, 6.45) is 5.47. The molecule has 0 saturated heterocycles. The van der Waals surface area contributed by atoms with Crippen molar-refractivity contribution in [3.05, 3.63) is 30.2 Å². The maximum atomic E-state index is 15.7. The molecule has 2 fully saturated rings. The standard InChI is InChI=1S/C25H29FN8O/c1-24-8-5-9-25(2,14-24)21(26)17(11-24)33(3)20-13-28-23(31-30-20)16-7-6-15(10-18(16)35)22-29-19(12-27)34(4)32-22/h6-7,10,13,17,21,35H,5,8-9,11,14H2,1-4H3/t17-,21-,24-,25-/m0/s1. The second-order valence-corrected chi connectivity index (χ2v) is 10.6. The van der Waals surface area contributed by atoms with Gasteiger partial charge in [0.15, 0.2) is 17.5 Å². The first-order valence-corrected chi connectivity index (χ1v) is 11.8. The summed E-state index contributed by atoms with van der Waals surface area (Å²) in [5.41, 5.74) is 0.794. The molecule has 4 atom stereocenters. The van der Waals surface area contributed by atoms with Crippen molar-refractivity contribution in [2.45, 2.75) is 58.2 Å². The van der Waals surface area contributed by atoms with Crippen molar-refractivity contribution >= 4 is 5.82 Å². The molecule has 9 nitrogen and oxygen atoms in total. The molecule has 0 aliphatic heterocycles. The quantitative estimate of drug-likeness (QED) is 0.600. The highest BCUT2D eigenvalue weighted by atomic mass is 19.1. The summed E-state index contributed by atoms with van der Waals surface area (Å²) in [6, 6.07) is 6.58. The highest BCUT2D eigenvalue weighted by molar-refractivity contribution is 5.70. The molecule has 2 bridgehead atoms. The molecule has 0 amide bonds. The van der Waals surface area contributed by atoms with Crippen LogP contribution in [-0.2, 0) is 7.05 Å². The Bertz CT molecular complexity index is 1300. The molecule has 2 heterocycles. The summed E-state index contributed by atoms with van der Waals surface area (Å²) in [6.45, 7) is 4.36. The van der Waals surface area contributed by atoms with Crippen LogP contribution in [0.25, 0.3) is 22.8 Å². The van der Waals surface area contributed by atoms with Gasteiger partial charge in [0.2, 0.25) is 5.82 Å². The van der Waals surface area contributed by atoms with Crippen molar-refractivity contribution < 1.29 is 9.50 Å². The van der Waals surface area contributed by atoms with Gasteiger partial charge in [-0.05, 0) is 43.2 Å². The van der Waals surface area contributed by atoms with Gasteiger partial charge >= 0.3 is 0 Å². The van der Waals surface area contributed by atoms with E-state index in [9.17, 15) is 5.11 Å². The fraction of sp³-hybridized carbons (Fsp3) is 0.520. The van der Waals surface area contributed by atoms with Crippen LogP contribution in [0, 0.1) is 22.2 Å². The maximum absolute atomic E-state index is 15.7. The molecule has 182 valence electrons. The van der Waals surface area contributed by atoms with Crippen LogP contribution >= 0.6 is 0 Å². The number of anilines is 1. The molecule has 2 aliphatic carbocycles. The Kier molecular flexibility index (Phi) is 5.46. The van der Waals surface area contributed by atoms with E-state index in [0.717, 1.165) is 32.1 Å². The van der Waals surface area contributed by atoms with E-state index in [1.54, 1.807) is 25.4 Å². The SMILES string of the molecule is CN(c1cnc(-c2ccc(-c3nc(C#N)n(C)n3)cc2O)nn1)[C@H]1C[C@]2(C)CCC[C@@](C)(C2)[C@H]1F. The summed E-state index contributed by atoms with van der Waals surface area (Å²) in [5.74, 6) is 1.22. The van der Waals surface area contributed by atoms with Gasteiger partial charge in [0.1, 0.15) is 18.0 Å². The number of benzene rings is 1. The number of aromatic hydroxyl groups is 1. The number of rotatable bonds is 4. The van der Waals surface area contributed by atoms with E-state index < -0.39 is 6.17 Å². The zero-order valence-electron chi connectivity index (χ0n) is 20.4. The van der Waals surface area contributed by atoms with Crippen LogP contribution in [-0.4, -0.2) is 54.3 Å². The first kappa shape index (κ1) is 23.1. The summed E-state index contributed by atoms with van der Waals surface area (Å²) < 4.78 is 17.0. The fourth-order valence-corrected chi connectivity index (χ4v) is 6.07. The third-order valence-corrected chi connectivity index (χ3v) is 7.83. The number of halogens is 1. The third kappa shape index (κ3) is 3.99.